The first-order valence-corrected chi connectivity index (χ1v) is 7.25. The summed E-state index contributed by atoms with van der Waals surface area (Å²) in [4.78, 5) is 4.55. The van der Waals surface area contributed by atoms with Crippen molar-refractivity contribution in [2.45, 2.75) is 39.7 Å². The van der Waals surface area contributed by atoms with Crippen molar-refractivity contribution in [3.8, 4) is 0 Å². The lowest BCUT2D eigenvalue weighted by Gasteiger charge is -2.09. The maximum atomic E-state index is 5.42. The Hall–Kier alpha value is -1.68. The molecular weight excluding hydrogens is 250 g/mol. The van der Waals surface area contributed by atoms with Crippen molar-refractivity contribution in [3.05, 3.63) is 46.6 Å². The van der Waals surface area contributed by atoms with Crippen LogP contribution in [0.3, 0.4) is 0 Å². The summed E-state index contributed by atoms with van der Waals surface area (Å²) in [5.74, 6) is 2.06. The molecule has 1 aromatic heterocycles. The van der Waals surface area contributed by atoms with E-state index < -0.39 is 0 Å². The van der Waals surface area contributed by atoms with E-state index in [4.69, 9.17) is 4.52 Å². The number of rotatable bonds is 3. The van der Waals surface area contributed by atoms with Gasteiger partial charge in [-0.2, -0.15) is 4.98 Å². The molecule has 1 aromatic carbocycles. The first-order chi connectivity index (χ1) is 9.63. The molecule has 0 radical (unpaired) electrons. The van der Waals surface area contributed by atoms with Crippen LogP contribution in [0.1, 0.15) is 47.8 Å². The standard InChI is InChI=1S/C16H21N3O/c1-10-4-5-13(8-12(10)3)9-14-18-16(20-19-14)15-11(2)6-7-17-15/h4-5,8,11,15,17H,6-7,9H2,1-3H3. The zero-order valence-electron chi connectivity index (χ0n) is 12.3. The molecule has 1 aliphatic rings. The lowest BCUT2D eigenvalue weighted by atomic mass is 10.0. The van der Waals surface area contributed by atoms with Crippen LogP contribution in [0.4, 0.5) is 0 Å². The molecule has 1 aliphatic heterocycles. The van der Waals surface area contributed by atoms with Crippen molar-refractivity contribution in [1.82, 2.24) is 15.5 Å². The first kappa shape index (κ1) is 13.3. The Labute approximate surface area is 119 Å². The van der Waals surface area contributed by atoms with Crippen LogP contribution in [-0.4, -0.2) is 16.7 Å². The molecule has 2 unspecified atom stereocenters. The van der Waals surface area contributed by atoms with E-state index >= 15 is 0 Å². The molecule has 106 valence electrons. The number of nitrogens with one attached hydrogen (secondary N) is 1. The van der Waals surface area contributed by atoms with Crippen LogP contribution in [-0.2, 0) is 6.42 Å². The van der Waals surface area contributed by atoms with Crippen molar-refractivity contribution >= 4 is 0 Å². The van der Waals surface area contributed by atoms with E-state index in [-0.39, 0.29) is 6.04 Å². The maximum Gasteiger partial charge on any atom is 0.244 e. The highest BCUT2D eigenvalue weighted by molar-refractivity contribution is 5.31. The van der Waals surface area contributed by atoms with Crippen molar-refractivity contribution in [2.24, 2.45) is 5.92 Å². The Kier molecular flexibility index (Phi) is 3.57. The zero-order valence-corrected chi connectivity index (χ0v) is 12.3. The molecule has 1 fully saturated rings. The Morgan fingerprint density at radius 2 is 2.15 bits per heavy atom. The number of aromatic nitrogens is 2. The van der Waals surface area contributed by atoms with Crippen LogP contribution in [0.2, 0.25) is 0 Å². The average molecular weight is 271 g/mol. The smallest absolute Gasteiger partial charge is 0.244 e. The van der Waals surface area contributed by atoms with Crippen LogP contribution in [0.15, 0.2) is 22.7 Å². The van der Waals surface area contributed by atoms with Gasteiger partial charge in [-0.15, -0.1) is 0 Å². The molecule has 0 amide bonds. The van der Waals surface area contributed by atoms with Gasteiger partial charge in [-0.1, -0.05) is 30.3 Å². The molecule has 4 nitrogen and oxygen atoms in total. The topological polar surface area (TPSA) is 51.0 Å². The highest BCUT2D eigenvalue weighted by Crippen LogP contribution is 2.27. The van der Waals surface area contributed by atoms with Gasteiger partial charge in [0.1, 0.15) is 0 Å². The third-order valence-corrected chi connectivity index (χ3v) is 4.22. The fraction of sp³-hybridized carbons (Fsp3) is 0.500. The molecule has 3 rings (SSSR count). The number of nitrogens with zero attached hydrogens (tertiary/aromatic N) is 2. The van der Waals surface area contributed by atoms with Gasteiger partial charge in [0.25, 0.3) is 0 Å². The van der Waals surface area contributed by atoms with Crippen LogP contribution >= 0.6 is 0 Å². The summed E-state index contributed by atoms with van der Waals surface area (Å²) < 4.78 is 5.42. The predicted molar refractivity (Wildman–Crippen MR) is 77.5 cm³/mol. The second-order valence-corrected chi connectivity index (χ2v) is 5.84. The Bertz CT molecular complexity index is 606. The van der Waals surface area contributed by atoms with E-state index in [1.165, 1.54) is 23.1 Å². The quantitative estimate of drug-likeness (QED) is 0.932. The summed E-state index contributed by atoms with van der Waals surface area (Å²) in [6.45, 7) is 7.50. The minimum atomic E-state index is 0.219. The van der Waals surface area contributed by atoms with Gasteiger partial charge in [-0.25, -0.2) is 0 Å². The largest absolute Gasteiger partial charge is 0.338 e. The maximum absolute atomic E-state index is 5.42. The van der Waals surface area contributed by atoms with Gasteiger partial charge in [0.05, 0.1) is 6.04 Å². The molecular formula is C16H21N3O. The van der Waals surface area contributed by atoms with E-state index in [2.05, 4.69) is 54.4 Å². The van der Waals surface area contributed by atoms with Crippen LogP contribution in [0.5, 0.6) is 0 Å². The van der Waals surface area contributed by atoms with Crippen molar-refractivity contribution in [1.29, 1.82) is 0 Å². The molecule has 0 spiro atoms. The Balaban J connectivity index is 1.75. The molecule has 0 bridgehead atoms. The van der Waals surface area contributed by atoms with Gasteiger partial charge < -0.3 is 9.84 Å². The third kappa shape index (κ3) is 2.61. The highest BCUT2D eigenvalue weighted by Gasteiger charge is 2.29. The molecule has 0 aliphatic carbocycles. The average Bonchev–Trinajstić information content (AvgIpc) is 3.03. The summed E-state index contributed by atoms with van der Waals surface area (Å²) >= 11 is 0. The van der Waals surface area contributed by atoms with E-state index in [9.17, 15) is 0 Å². The number of benzene rings is 1. The molecule has 0 saturated carbocycles. The fourth-order valence-electron chi connectivity index (χ4n) is 2.73. The summed E-state index contributed by atoms with van der Waals surface area (Å²) in [7, 11) is 0. The number of hydrogen-bond acceptors (Lipinski definition) is 4. The van der Waals surface area contributed by atoms with Crippen molar-refractivity contribution < 1.29 is 4.52 Å². The predicted octanol–water partition coefficient (Wildman–Crippen LogP) is 2.95. The molecule has 1 N–H and O–H groups in total. The third-order valence-electron chi connectivity index (χ3n) is 4.22. The second-order valence-electron chi connectivity index (χ2n) is 5.84. The summed E-state index contributed by atoms with van der Waals surface area (Å²) in [6, 6.07) is 6.69. The molecule has 2 aromatic rings. The number of aryl methyl sites for hydroxylation is 2. The minimum Gasteiger partial charge on any atom is -0.338 e. The van der Waals surface area contributed by atoms with Crippen LogP contribution in [0, 0.1) is 19.8 Å². The Morgan fingerprint density at radius 3 is 2.85 bits per heavy atom. The lowest BCUT2D eigenvalue weighted by Crippen LogP contribution is -2.16. The monoisotopic (exact) mass is 271 g/mol. The fourth-order valence-corrected chi connectivity index (χ4v) is 2.73. The van der Waals surface area contributed by atoms with Gasteiger partial charge >= 0.3 is 0 Å². The van der Waals surface area contributed by atoms with Gasteiger partial charge in [-0.05, 0) is 49.4 Å². The molecule has 20 heavy (non-hydrogen) atoms. The van der Waals surface area contributed by atoms with E-state index in [1.807, 2.05) is 0 Å². The normalized spacial score (nSPS) is 22.4. The summed E-state index contributed by atoms with van der Waals surface area (Å²) in [5, 5.41) is 7.54. The summed E-state index contributed by atoms with van der Waals surface area (Å²) in [6.07, 6.45) is 1.89. The van der Waals surface area contributed by atoms with Gasteiger partial charge in [0.2, 0.25) is 5.89 Å². The molecule has 2 atom stereocenters. The van der Waals surface area contributed by atoms with E-state index in [0.29, 0.717) is 5.92 Å². The summed E-state index contributed by atoms with van der Waals surface area (Å²) in [5.41, 5.74) is 3.84. The van der Waals surface area contributed by atoms with Crippen LogP contribution < -0.4 is 5.32 Å². The van der Waals surface area contributed by atoms with Crippen molar-refractivity contribution in [2.75, 3.05) is 6.54 Å². The van der Waals surface area contributed by atoms with Gasteiger partial charge in [0.15, 0.2) is 5.82 Å². The lowest BCUT2D eigenvalue weighted by molar-refractivity contribution is 0.317. The van der Waals surface area contributed by atoms with Crippen molar-refractivity contribution in [3.63, 3.8) is 0 Å². The van der Waals surface area contributed by atoms with Gasteiger partial charge in [-0.3, -0.25) is 0 Å². The van der Waals surface area contributed by atoms with E-state index in [0.717, 1.165) is 24.7 Å². The number of hydrogen-bond donors (Lipinski definition) is 1. The second kappa shape index (κ2) is 5.37. The zero-order chi connectivity index (χ0) is 14.1. The minimum absolute atomic E-state index is 0.219. The van der Waals surface area contributed by atoms with E-state index in [1.54, 1.807) is 0 Å². The SMILES string of the molecule is Cc1ccc(Cc2noc(C3NCCC3C)n2)cc1C. The molecule has 1 saturated heterocycles. The van der Waals surface area contributed by atoms with Gasteiger partial charge in [0, 0.05) is 6.42 Å². The van der Waals surface area contributed by atoms with Crippen LogP contribution in [0.25, 0.3) is 0 Å². The first-order valence-electron chi connectivity index (χ1n) is 7.25. The molecule has 4 heteroatoms. The molecule has 2 heterocycles. The highest BCUT2D eigenvalue weighted by atomic mass is 16.5. The Morgan fingerprint density at radius 1 is 1.30 bits per heavy atom.